The summed E-state index contributed by atoms with van der Waals surface area (Å²) in [5.74, 6) is -1.04. The van der Waals surface area contributed by atoms with Crippen molar-refractivity contribution < 1.29 is 15.0 Å². The minimum absolute atomic E-state index is 0.00620. The average molecular weight is 264 g/mol. The standard InChI is InChI=1S/C17H12O3/c18-16-13-9-5-4-8-12(13)10-14(17(19)20)15(16)11-6-2-1-3-7-11/h1-10,18H,(H,19,20). The third kappa shape index (κ3) is 1.89. The number of phenols is 1. The van der Waals surface area contributed by atoms with Crippen LogP contribution in [0.15, 0.2) is 60.7 Å². The second kappa shape index (κ2) is 4.70. The summed E-state index contributed by atoms with van der Waals surface area (Å²) < 4.78 is 0. The third-order valence-electron chi connectivity index (χ3n) is 3.31. The molecule has 0 spiro atoms. The number of phenolic OH excluding ortho intramolecular Hbond substituents is 1. The zero-order valence-corrected chi connectivity index (χ0v) is 10.6. The van der Waals surface area contributed by atoms with Gasteiger partial charge in [0.2, 0.25) is 0 Å². The van der Waals surface area contributed by atoms with Crippen LogP contribution >= 0.6 is 0 Å². The van der Waals surface area contributed by atoms with Crippen molar-refractivity contribution in [2.24, 2.45) is 0 Å². The van der Waals surface area contributed by atoms with Gasteiger partial charge in [0.15, 0.2) is 0 Å². The molecule has 0 saturated carbocycles. The second-order valence-corrected chi connectivity index (χ2v) is 4.54. The van der Waals surface area contributed by atoms with E-state index in [0.717, 1.165) is 0 Å². The lowest BCUT2D eigenvalue weighted by Gasteiger charge is -2.12. The molecule has 20 heavy (non-hydrogen) atoms. The Morgan fingerprint density at radius 2 is 1.55 bits per heavy atom. The minimum atomic E-state index is -1.05. The molecule has 0 amide bonds. The number of carbonyl (C=O) groups is 1. The molecule has 2 N–H and O–H groups in total. The average Bonchev–Trinajstić information content (AvgIpc) is 2.48. The monoisotopic (exact) mass is 264 g/mol. The number of hydrogen-bond acceptors (Lipinski definition) is 2. The maximum absolute atomic E-state index is 11.5. The van der Waals surface area contributed by atoms with Crippen LogP contribution in [0.2, 0.25) is 0 Å². The maximum Gasteiger partial charge on any atom is 0.336 e. The number of rotatable bonds is 2. The molecule has 3 aromatic rings. The highest BCUT2D eigenvalue weighted by Gasteiger charge is 2.18. The van der Waals surface area contributed by atoms with Crippen LogP contribution in [0.4, 0.5) is 0 Å². The van der Waals surface area contributed by atoms with E-state index < -0.39 is 5.97 Å². The molecule has 0 fully saturated rings. The summed E-state index contributed by atoms with van der Waals surface area (Å²) >= 11 is 0. The molecule has 0 atom stereocenters. The van der Waals surface area contributed by atoms with Gasteiger partial charge in [-0.2, -0.15) is 0 Å². The van der Waals surface area contributed by atoms with Gasteiger partial charge in [-0.15, -0.1) is 0 Å². The predicted octanol–water partition coefficient (Wildman–Crippen LogP) is 3.91. The lowest BCUT2D eigenvalue weighted by molar-refractivity contribution is 0.0697. The minimum Gasteiger partial charge on any atom is -0.507 e. The van der Waals surface area contributed by atoms with Crippen LogP contribution in [0.25, 0.3) is 21.9 Å². The summed E-state index contributed by atoms with van der Waals surface area (Å²) in [5.41, 5.74) is 1.15. The molecule has 3 aromatic carbocycles. The van der Waals surface area contributed by atoms with Crippen LogP contribution in [0.5, 0.6) is 5.75 Å². The molecular formula is C17H12O3. The number of aromatic carboxylic acids is 1. The Labute approximate surface area is 115 Å². The first-order chi connectivity index (χ1) is 9.68. The Kier molecular flexibility index (Phi) is 2.88. The van der Waals surface area contributed by atoms with E-state index in [4.69, 9.17) is 0 Å². The van der Waals surface area contributed by atoms with E-state index in [9.17, 15) is 15.0 Å². The fraction of sp³-hybridized carbons (Fsp3) is 0. The van der Waals surface area contributed by atoms with Gasteiger partial charge >= 0.3 is 5.97 Å². The first kappa shape index (κ1) is 12.2. The van der Waals surface area contributed by atoms with E-state index >= 15 is 0 Å². The highest BCUT2D eigenvalue weighted by molar-refractivity contribution is 6.06. The van der Waals surface area contributed by atoms with Gasteiger partial charge in [0.05, 0.1) is 5.56 Å². The molecule has 0 radical (unpaired) electrons. The lowest BCUT2D eigenvalue weighted by Crippen LogP contribution is -2.00. The van der Waals surface area contributed by atoms with Crippen molar-refractivity contribution in [3.05, 3.63) is 66.2 Å². The number of carboxylic acid groups (broad SMARTS) is 1. The molecule has 3 heteroatoms. The van der Waals surface area contributed by atoms with Gasteiger partial charge in [-0.3, -0.25) is 0 Å². The molecule has 0 aliphatic rings. The predicted molar refractivity (Wildman–Crippen MR) is 78.0 cm³/mol. The first-order valence-electron chi connectivity index (χ1n) is 6.22. The van der Waals surface area contributed by atoms with Gasteiger partial charge in [0.25, 0.3) is 0 Å². The summed E-state index contributed by atoms with van der Waals surface area (Å²) in [6.45, 7) is 0. The highest BCUT2D eigenvalue weighted by atomic mass is 16.4. The SMILES string of the molecule is O=C(O)c1cc2ccccc2c(O)c1-c1ccccc1. The third-order valence-corrected chi connectivity index (χ3v) is 3.31. The molecule has 0 heterocycles. The van der Waals surface area contributed by atoms with E-state index in [-0.39, 0.29) is 11.3 Å². The van der Waals surface area contributed by atoms with Crippen molar-refractivity contribution in [3.63, 3.8) is 0 Å². The molecule has 0 aromatic heterocycles. The Morgan fingerprint density at radius 3 is 2.25 bits per heavy atom. The van der Waals surface area contributed by atoms with E-state index in [1.54, 1.807) is 30.3 Å². The highest BCUT2D eigenvalue weighted by Crippen LogP contribution is 2.38. The molecule has 3 nitrogen and oxygen atoms in total. The molecule has 0 aliphatic carbocycles. The zero-order chi connectivity index (χ0) is 14.1. The molecule has 3 rings (SSSR count). The van der Waals surface area contributed by atoms with Crippen LogP contribution in [-0.4, -0.2) is 16.2 Å². The van der Waals surface area contributed by atoms with E-state index in [1.807, 2.05) is 30.3 Å². The Morgan fingerprint density at radius 1 is 0.900 bits per heavy atom. The van der Waals surface area contributed by atoms with Gasteiger partial charge in [0.1, 0.15) is 5.75 Å². The maximum atomic E-state index is 11.5. The molecular weight excluding hydrogens is 252 g/mol. The van der Waals surface area contributed by atoms with E-state index in [0.29, 0.717) is 21.9 Å². The van der Waals surface area contributed by atoms with Crippen molar-refractivity contribution in [3.8, 4) is 16.9 Å². The van der Waals surface area contributed by atoms with Gasteiger partial charge < -0.3 is 10.2 Å². The van der Waals surface area contributed by atoms with Crippen LogP contribution < -0.4 is 0 Å². The lowest BCUT2D eigenvalue weighted by atomic mass is 9.94. The summed E-state index contributed by atoms with van der Waals surface area (Å²) in [6.07, 6.45) is 0. The van der Waals surface area contributed by atoms with E-state index in [2.05, 4.69) is 0 Å². The van der Waals surface area contributed by atoms with Crippen LogP contribution in [-0.2, 0) is 0 Å². The summed E-state index contributed by atoms with van der Waals surface area (Å²) in [6, 6.07) is 17.9. The van der Waals surface area contributed by atoms with Gasteiger partial charge in [0, 0.05) is 10.9 Å². The van der Waals surface area contributed by atoms with Crippen molar-refractivity contribution in [1.29, 1.82) is 0 Å². The number of benzene rings is 3. The van der Waals surface area contributed by atoms with Gasteiger partial charge in [-0.05, 0) is 17.0 Å². The fourth-order valence-electron chi connectivity index (χ4n) is 2.39. The quantitative estimate of drug-likeness (QED) is 0.737. The van der Waals surface area contributed by atoms with Crippen molar-refractivity contribution >= 4 is 16.7 Å². The normalized spacial score (nSPS) is 10.6. The van der Waals surface area contributed by atoms with E-state index in [1.165, 1.54) is 0 Å². The van der Waals surface area contributed by atoms with Gasteiger partial charge in [-0.25, -0.2) is 4.79 Å². The number of hydrogen-bond donors (Lipinski definition) is 2. The largest absolute Gasteiger partial charge is 0.507 e. The fourth-order valence-corrected chi connectivity index (χ4v) is 2.39. The van der Waals surface area contributed by atoms with Crippen LogP contribution in [0.3, 0.4) is 0 Å². The summed E-state index contributed by atoms with van der Waals surface area (Å²) in [5, 5.41) is 21.2. The zero-order valence-electron chi connectivity index (χ0n) is 10.6. The van der Waals surface area contributed by atoms with Crippen molar-refractivity contribution in [2.75, 3.05) is 0 Å². The topological polar surface area (TPSA) is 57.5 Å². The van der Waals surface area contributed by atoms with Crippen molar-refractivity contribution in [2.45, 2.75) is 0 Å². The summed E-state index contributed by atoms with van der Waals surface area (Å²) in [4.78, 5) is 11.5. The molecule has 0 aliphatic heterocycles. The second-order valence-electron chi connectivity index (χ2n) is 4.54. The Bertz CT molecular complexity index is 792. The van der Waals surface area contributed by atoms with Gasteiger partial charge in [-0.1, -0.05) is 54.6 Å². The first-order valence-corrected chi connectivity index (χ1v) is 6.22. The van der Waals surface area contributed by atoms with Crippen molar-refractivity contribution in [1.82, 2.24) is 0 Å². The smallest absolute Gasteiger partial charge is 0.336 e. The van der Waals surface area contributed by atoms with Crippen LogP contribution in [0.1, 0.15) is 10.4 Å². The molecule has 0 saturated heterocycles. The molecule has 0 bridgehead atoms. The van der Waals surface area contributed by atoms with Crippen LogP contribution in [0, 0.1) is 0 Å². The molecule has 0 unspecified atom stereocenters. The number of carboxylic acids is 1. The Hall–Kier alpha value is -2.81. The number of fused-ring (bicyclic) bond motifs is 1. The Balaban J connectivity index is 2.42. The number of aromatic hydroxyl groups is 1. The molecule has 98 valence electrons. The summed E-state index contributed by atoms with van der Waals surface area (Å²) in [7, 11) is 0.